The number of aliphatic hydroxyl groups excluding tert-OH is 5. The molecule has 0 radical (unpaired) electrons. The molecule has 1 fully saturated rings. The lowest BCUT2D eigenvalue weighted by Gasteiger charge is -2.40. The number of rotatable bonds is 42. The molecule has 9 nitrogen and oxygen atoms in total. The first kappa shape index (κ1) is 54.9. The molecule has 0 aromatic carbocycles. The monoisotopic (exact) mass is 826 g/mol. The number of ether oxygens (including phenoxy) is 2. The number of carbonyl (C=O) groups is 1. The van der Waals surface area contributed by atoms with Crippen LogP contribution in [-0.2, 0) is 14.3 Å². The van der Waals surface area contributed by atoms with Crippen LogP contribution in [0.3, 0.4) is 0 Å². The maximum atomic E-state index is 13.0. The predicted molar refractivity (Wildman–Crippen MR) is 240 cm³/mol. The Morgan fingerprint density at radius 3 is 1.40 bits per heavy atom. The number of allylic oxidation sites excluding steroid dienone is 2. The van der Waals surface area contributed by atoms with Crippen molar-refractivity contribution >= 4 is 5.91 Å². The van der Waals surface area contributed by atoms with Crippen molar-refractivity contribution in [3.63, 3.8) is 0 Å². The van der Waals surface area contributed by atoms with Gasteiger partial charge in [-0.2, -0.15) is 0 Å². The molecular weight excluding hydrogens is 731 g/mol. The van der Waals surface area contributed by atoms with Crippen molar-refractivity contribution in [2.24, 2.45) is 0 Å². The number of hydrogen-bond acceptors (Lipinski definition) is 8. The summed E-state index contributed by atoms with van der Waals surface area (Å²) in [4.78, 5) is 13.0. The van der Waals surface area contributed by atoms with Gasteiger partial charge in [-0.1, -0.05) is 206 Å². The minimum atomic E-state index is -1.55. The van der Waals surface area contributed by atoms with Crippen LogP contribution in [-0.4, -0.2) is 87.5 Å². The van der Waals surface area contributed by atoms with Gasteiger partial charge in [-0.05, 0) is 38.5 Å². The lowest BCUT2D eigenvalue weighted by molar-refractivity contribution is -0.302. The molecule has 1 amide bonds. The van der Waals surface area contributed by atoms with E-state index in [2.05, 4.69) is 31.3 Å². The van der Waals surface area contributed by atoms with Gasteiger partial charge >= 0.3 is 0 Å². The molecule has 0 bridgehead atoms. The zero-order valence-corrected chi connectivity index (χ0v) is 37.8. The number of aliphatic hydroxyl groups is 5. The van der Waals surface area contributed by atoms with E-state index in [-0.39, 0.29) is 12.5 Å². The summed E-state index contributed by atoms with van der Waals surface area (Å²) < 4.78 is 11.3. The quantitative estimate of drug-likeness (QED) is 0.0263. The second kappa shape index (κ2) is 40.0. The maximum absolute atomic E-state index is 13.0. The molecule has 0 spiro atoms. The number of hydrogen-bond donors (Lipinski definition) is 6. The average molecular weight is 826 g/mol. The average Bonchev–Trinajstić information content (AvgIpc) is 3.22. The molecular formula is C49H95NO8. The van der Waals surface area contributed by atoms with E-state index in [4.69, 9.17) is 9.47 Å². The summed E-state index contributed by atoms with van der Waals surface area (Å²) >= 11 is 0. The minimum Gasteiger partial charge on any atom is -0.394 e. The molecule has 1 saturated heterocycles. The third-order valence-corrected chi connectivity index (χ3v) is 12.1. The smallest absolute Gasteiger partial charge is 0.220 e. The molecule has 0 aromatic rings. The van der Waals surface area contributed by atoms with E-state index in [9.17, 15) is 30.3 Å². The highest BCUT2D eigenvalue weighted by molar-refractivity contribution is 5.76. The van der Waals surface area contributed by atoms with Crippen molar-refractivity contribution in [1.82, 2.24) is 5.32 Å². The van der Waals surface area contributed by atoms with Crippen molar-refractivity contribution in [2.75, 3.05) is 13.2 Å². The van der Waals surface area contributed by atoms with E-state index in [1.54, 1.807) is 0 Å². The van der Waals surface area contributed by atoms with E-state index in [0.717, 1.165) is 38.5 Å². The molecule has 0 saturated carbocycles. The summed E-state index contributed by atoms with van der Waals surface area (Å²) in [6.45, 7) is 3.84. The van der Waals surface area contributed by atoms with Gasteiger partial charge in [0, 0.05) is 6.42 Å². The summed E-state index contributed by atoms with van der Waals surface area (Å²) in [7, 11) is 0. The fourth-order valence-corrected chi connectivity index (χ4v) is 8.10. The molecule has 1 rings (SSSR count). The fourth-order valence-electron chi connectivity index (χ4n) is 8.10. The van der Waals surface area contributed by atoms with Crippen LogP contribution in [0.2, 0.25) is 0 Å². The highest BCUT2D eigenvalue weighted by Gasteiger charge is 2.44. The minimum absolute atomic E-state index is 0.136. The molecule has 1 aliphatic heterocycles. The summed E-state index contributed by atoms with van der Waals surface area (Å²) in [6.07, 6.45) is 39.4. The number of unbranched alkanes of at least 4 members (excludes halogenated alkanes) is 30. The lowest BCUT2D eigenvalue weighted by Crippen LogP contribution is -2.60. The zero-order chi connectivity index (χ0) is 42.3. The molecule has 1 heterocycles. The largest absolute Gasteiger partial charge is 0.394 e. The second-order valence-corrected chi connectivity index (χ2v) is 17.6. The van der Waals surface area contributed by atoms with E-state index in [1.807, 2.05) is 0 Å². The van der Waals surface area contributed by atoms with Crippen molar-refractivity contribution < 1.29 is 39.8 Å². The molecule has 0 aliphatic carbocycles. The summed E-state index contributed by atoms with van der Waals surface area (Å²) in [6, 6.07) is -0.717. The SMILES string of the molecule is CCCCCCCCCCCCCC/C=C\CCCCCCCCCC(=O)NC(COC1OC(CO)C(O)C(O)C1O)C(O)CCCCCCCCCCCCCC. The third-order valence-electron chi connectivity index (χ3n) is 12.1. The number of carbonyl (C=O) groups excluding carboxylic acids is 1. The van der Waals surface area contributed by atoms with E-state index < -0.39 is 49.5 Å². The van der Waals surface area contributed by atoms with E-state index in [0.29, 0.717) is 12.8 Å². The van der Waals surface area contributed by atoms with Gasteiger partial charge in [-0.25, -0.2) is 0 Å². The number of nitrogens with one attached hydrogen (secondary N) is 1. The fraction of sp³-hybridized carbons (Fsp3) is 0.939. The second-order valence-electron chi connectivity index (χ2n) is 17.6. The number of amides is 1. The van der Waals surface area contributed by atoms with Gasteiger partial charge in [0.1, 0.15) is 24.4 Å². The van der Waals surface area contributed by atoms with Crippen molar-refractivity contribution in [3.8, 4) is 0 Å². The first-order chi connectivity index (χ1) is 28.3. The predicted octanol–water partition coefficient (Wildman–Crippen LogP) is 10.9. The molecule has 0 aromatic heterocycles. The molecule has 7 atom stereocenters. The first-order valence-electron chi connectivity index (χ1n) is 24.9. The van der Waals surface area contributed by atoms with Gasteiger partial charge in [0.05, 0.1) is 25.4 Å². The molecule has 7 unspecified atom stereocenters. The van der Waals surface area contributed by atoms with Crippen molar-refractivity contribution in [3.05, 3.63) is 12.2 Å². The van der Waals surface area contributed by atoms with Crippen LogP contribution < -0.4 is 5.32 Å². The lowest BCUT2D eigenvalue weighted by atomic mass is 9.99. The Hall–Kier alpha value is -1.07. The maximum Gasteiger partial charge on any atom is 0.220 e. The van der Waals surface area contributed by atoms with Gasteiger partial charge in [0.25, 0.3) is 0 Å². The highest BCUT2D eigenvalue weighted by Crippen LogP contribution is 2.23. The molecule has 6 N–H and O–H groups in total. The topological polar surface area (TPSA) is 149 Å². The molecule has 9 heteroatoms. The Morgan fingerprint density at radius 2 is 0.966 bits per heavy atom. The summed E-state index contributed by atoms with van der Waals surface area (Å²) in [5.74, 6) is -0.147. The Kier molecular flexibility index (Phi) is 37.9. The van der Waals surface area contributed by atoms with Gasteiger partial charge in [-0.3, -0.25) is 4.79 Å². The van der Waals surface area contributed by atoms with Gasteiger partial charge in [0.15, 0.2) is 6.29 Å². The Balaban J connectivity index is 2.23. The molecule has 1 aliphatic rings. The van der Waals surface area contributed by atoms with Crippen LogP contribution in [0.4, 0.5) is 0 Å². The van der Waals surface area contributed by atoms with Crippen LogP contribution >= 0.6 is 0 Å². The van der Waals surface area contributed by atoms with Crippen LogP contribution in [0.1, 0.15) is 239 Å². The van der Waals surface area contributed by atoms with Crippen molar-refractivity contribution in [1.29, 1.82) is 0 Å². The van der Waals surface area contributed by atoms with Crippen molar-refractivity contribution in [2.45, 2.75) is 281 Å². The first-order valence-corrected chi connectivity index (χ1v) is 24.9. The Bertz CT molecular complexity index is 919. The Morgan fingerprint density at radius 1 is 0.569 bits per heavy atom. The van der Waals surface area contributed by atoms with Crippen LogP contribution in [0, 0.1) is 0 Å². The van der Waals surface area contributed by atoms with Crippen LogP contribution in [0.25, 0.3) is 0 Å². The standard InChI is InChI=1S/C49H95NO8/c1-3-5-7-9-11-13-15-17-18-19-20-21-22-23-24-25-26-27-29-31-33-35-37-39-45(53)50-42(41-57-49-48(56)47(55)46(54)44(40-51)58-49)43(52)38-36-34-32-30-28-16-14-12-10-8-6-4-2/h23-24,42-44,46-49,51-52,54-56H,3-22,25-41H2,1-2H3,(H,50,53)/b24-23-. The van der Waals surface area contributed by atoms with Crippen LogP contribution in [0.15, 0.2) is 12.2 Å². The Labute approximate surface area is 356 Å². The van der Waals surface area contributed by atoms with Gasteiger partial charge in [0.2, 0.25) is 5.91 Å². The summed E-state index contributed by atoms with van der Waals surface area (Å²) in [5, 5.41) is 54.4. The highest BCUT2D eigenvalue weighted by atomic mass is 16.7. The summed E-state index contributed by atoms with van der Waals surface area (Å²) in [5.41, 5.74) is 0. The van der Waals surface area contributed by atoms with Gasteiger partial charge in [-0.15, -0.1) is 0 Å². The van der Waals surface area contributed by atoms with E-state index >= 15 is 0 Å². The van der Waals surface area contributed by atoms with Crippen LogP contribution in [0.5, 0.6) is 0 Å². The molecule has 344 valence electrons. The third kappa shape index (κ3) is 30.0. The van der Waals surface area contributed by atoms with Gasteiger partial charge < -0.3 is 40.3 Å². The normalized spacial score (nSPS) is 20.8. The molecule has 58 heavy (non-hydrogen) atoms. The van der Waals surface area contributed by atoms with E-state index in [1.165, 1.54) is 173 Å². The zero-order valence-electron chi connectivity index (χ0n) is 37.8.